The Morgan fingerprint density at radius 3 is 3.05 bits per heavy atom. The Morgan fingerprint density at radius 2 is 2.23 bits per heavy atom. The number of nitrogens with zero attached hydrogens (tertiary/aromatic N) is 1. The molecule has 0 aromatic heterocycles. The summed E-state index contributed by atoms with van der Waals surface area (Å²) < 4.78 is 11.9. The highest BCUT2D eigenvalue weighted by Crippen LogP contribution is 2.66. The maximum Gasteiger partial charge on any atom is 0.196 e. The Balaban J connectivity index is 1.72. The van der Waals surface area contributed by atoms with Crippen molar-refractivity contribution >= 4 is 0 Å². The molecule has 118 valence electrons. The highest BCUT2D eigenvalue weighted by Gasteiger charge is 2.74. The van der Waals surface area contributed by atoms with Gasteiger partial charge in [0.25, 0.3) is 0 Å². The summed E-state index contributed by atoms with van der Waals surface area (Å²) in [5.74, 6) is 0.617. The summed E-state index contributed by atoms with van der Waals surface area (Å²) >= 11 is 0. The van der Waals surface area contributed by atoms with E-state index in [9.17, 15) is 5.11 Å². The number of methoxy groups -OCH3 is 1. The van der Waals surface area contributed by atoms with Gasteiger partial charge in [-0.2, -0.15) is 0 Å². The van der Waals surface area contributed by atoms with E-state index in [-0.39, 0.29) is 17.3 Å². The molecule has 4 heteroatoms. The Kier molecular flexibility index (Phi) is 2.46. The summed E-state index contributed by atoms with van der Waals surface area (Å²) in [6, 6.07) is 6.52. The van der Waals surface area contributed by atoms with Crippen molar-refractivity contribution in [2.45, 2.75) is 49.0 Å². The number of hydrogen-bond acceptors (Lipinski definition) is 4. The van der Waals surface area contributed by atoms with Crippen molar-refractivity contribution in [1.29, 1.82) is 0 Å². The van der Waals surface area contributed by atoms with Gasteiger partial charge in [0.2, 0.25) is 0 Å². The number of fused-ring (bicyclic) bond motifs is 2. The number of rotatable bonds is 1. The van der Waals surface area contributed by atoms with Gasteiger partial charge in [-0.1, -0.05) is 6.07 Å². The van der Waals surface area contributed by atoms with Crippen molar-refractivity contribution in [2.24, 2.45) is 5.92 Å². The number of benzene rings is 1. The van der Waals surface area contributed by atoms with Crippen LogP contribution in [0.2, 0.25) is 0 Å². The van der Waals surface area contributed by atoms with Gasteiger partial charge in [-0.05, 0) is 62.0 Å². The van der Waals surface area contributed by atoms with Crippen molar-refractivity contribution in [2.75, 3.05) is 20.7 Å². The minimum absolute atomic E-state index is 0.0256. The molecule has 2 aliphatic heterocycles. The summed E-state index contributed by atoms with van der Waals surface area (Å²) in [6.45, 7) is 1.09. The summed E-state index contributed by atoms with van der Waals surface area (Å²) in [7, 11) is 4.03. The molecule has 22 heavy (non-hydrogen) atoms. The van der Waals surface area contributed by atoms with E-state index in [2.05, 4.69) is 18.0 Å². The van der Waals surface area contributed by atoms with Crippen molar-refractivity contribution < 1.29 is 14.6 Å². The Morgan fingerprint density at radius 1 is 1.36 bits per heavy atom. The number of phenols is 1. The van der Waals surface area contributed by atoms with E-state index in [0.717, 1.165) is 32.2 Å². The van der Waals surface area contributed by atoms with Crippen LogP contribution in [-0.2, 0) is 21.3 Å². The van der Waals surface area contributed by atoms with Gasteiger partial charge >= 0.3 is 0 Å². The van der Waals surface area contributed by atoms with E-state index >= 15 is 0 Å². The van der Waals surface area contributed by atoms with Crippen molar-refractivity contribution in [1.82, 2.24) is 4.90 Å². The molecule has 4 nitrogen and oxygen atoms in total. The largest absolute Gasteiger partial charge is 0.508 e. The predicted molar refractivity (Wildman–Crippen MR) is 81.9 cm³/mol. The van der Waals surface area contributed by atoms with Gasteiger partial charge in [-0.15, -0.1) is 0 Å². The van der Waals surface area contributed by atoms with Crippen LogP contribution in [0.5, 0.6) is 5.75 Å². The van der Waals surface area contributed by atoms with Crippen LogP contribution in [0.4, 0.5) is 0 Å². The average Bonchev–Trinajstić information content (AvgIpc) is 3.27. The van der Waals surface area contributed by atoms with Crippen molar-refractivity contribution in [3.8, 4) is 5.75 Å². The Bertz CT molecular complexity index is 647. The molecule has 1 N–H and O–H groups in total. The lowest BCUT2D eigenvalue weighted by atomic mass is 9.52. The number of piperidine rings is 1. The number of likely N-dealkylation sites (N-methyl/N-ethyl adjacent to an activating group) is 1. The molecule has 1 aromatic carbocycles. The van der Waals surface area contributed by atoms with Crippen molar-refractivity contribution in [3.05, 3.63) is 29.3 Å². The molecule has 2 saturated heterocycles. The highest BCUT2D eigenvalue weighted by atomic mass is 16.8. The molecule has 0 amide bonds. The smallest absolute Gasteiger partial charge is 0.196 e. The van der Waals surface area contributed by atoms with E-state index in [0.29, 0.717) is 17.7 Å². The number of ether oxygens (including phenoxy) is 2. The molecule has 3 fully saturated rings. The lowest BCUT2D eigenvalue weighted by Gasteiger charge is -2.57. The Hall–Kier alpha value is -1.10. The first kappa shape index (κ1) is 13.3. The second-order valence-electron chi connectivity index (χ2n) is 7.54. The van der Waals surface area contributed by atoms with Gasteiger partial charge in [0.05, 0.1) is 0 Å². The molecular weight excluding hydrogens is 278 g/mol. The second-order valence-corrected chi connectivity index (χ2v) is 7.54. The first-order valence-corrected chi connectivity index (χ1v) is 8.36. The highest BCUT2D eigenvalue weighted by molar-refractivity contribution is 5.48. The first-order chi connectivity index (χ1) is 10.6. The lowest BCUT2D eigenvalue weighted by Crippen LogP contribution is -2.63. The van der Waals surface area contributed by atoms with Gasteiger partial charge in [0.15, 0.2) is 5.79 Å². The maximum absolute atomic E-state index is 10.1. The minimum atomic E-state index is -0.364. The van der Waals surface area contributed by atoms with Crippen LogP contribution in [0.25, 0.3) is 0 Å². The monoisotopic (exact) mass is 301 g/mol. The molecule has 2 heterocycles. The predicted octanol–water partition coefficient (Wildman–Crippen LogP) is 2.04. The number of phenolic OH excluding ortho intramolecular Hbond substituents is 1. The van der Waals surface area contributed by atoms with Crippen LogP contribution in [0, 0.1) is 5.92 Å². The maximum atomic E-state index is 10.1. The molecule has 4 aliphatic rings. The van der Waals surface area contributed by atoms with Gasteiger partial charge < -0.3 is 19.5 Å². The van der Waals surface area contributed by atoms with E-state index in [4.69, 9.17) is 9.47 Å². The lowest BCUT2D eigenvalue weighted by molar-refractivity contribution is -0.0531. The molecule has 5 atom stereocenters. The third kappa shape index (κ3) is 1.39. The standard InChI is InChI=1S/C18H23NO3/c1-19-8-7-17-13(5-6-18(21-2)16(17)22-18)15(19)9-11-3-4-12(20)10-14(11)17/h3-4,10,13,15-16,20H,5-9H2,1-2H3/t13-,15+,16+,17-,18?/m0/s1. The zero-order valence-corrected chi connectivity index (χ0v) is 13.2. The van der Waals surface area contributed by atoms with Gasteiger partial charge in [-0.3, -0.25) is 0 Å². The molecule has 0 spiro atoms. The normalized spacial score (nSPS) is 45.6. The quantitative estimate of drug-likeness (QED) is 0.806. The first-order valence-electron chi connectivity index (χ1n) is 8.36. The van der Waals surface area contributed by atoms with Crippen LogP contribution in [0.3, 0.4) is 0 Å². The molecule has 1 unspecified atom stereocenters. The minimum Gasteiger partial charge on any atom is -0.508 e. The third-order valence-electron chi connectivity index (χ3n) is 6.87. The number of hydrogen-bond donors (Lipinski definition) is 1. The van der Waals surface area contributed by atoms with Crippen LogP contribution < -0.4 is 0 Å². The van der Waals surface area contributed by atoms with Gasteiger partial charge in [-0.25, -0.2) is 0 Å². The van der Waals surface area contributed by atoms with Crippen LogP contribution >= 0.6 is 0 Å². The zero-order valence-electron chi connectivity index (χ0n) is 13.2. The second kappa shape index (κ2) is 4.05. The molecule has 1 aromatic rings. The molecule has 2 bridgehead atoms. The van der Waals surface area contributed by atoms with Crippen LogP contribution in [-0.4, -0.2) is 48.6 Å². The van der Waals surface area contributed by atoms with E-state index in [1.54, 1.807) is 7.11 Å². The van der Waals surface area contributed by atoms with Crippen LogP contribution in [0.1, 0.15) is 30.4 Å². The fourth-order valence-electron chi connectivity index (χ4n) is 5.78. The molecular formula is C18H23NO3. The zero-order chi connectivity index (χ0) is 15.1. The summed E-state index contributed by atoms with van der Waals surface area (Å²) in [4.78, 5) is 2.53. The van der Waals surface area contributed by atoms with Crippen LogP contribution in [0.15, 0.2) is 18.2 Å². The SMILES string of the molecule is COC12CC[C@H]3[C@H]4Cc5ccc(O)cc5[C@@]3(CCN4C)[C@H]1O2. The summed E-state index contributed by atoms with van der Waals surface area (Å²) in [5.41, 5.74) is 2.73. The Labute approximate surface area is 131 Å². The molecule has 0 radical (unpaired) electrons. The topological polar surface area (TPSA) is 45.2 Å². The molecule has 5 rings (SSSR count). The number of epoxide rings is 1. The number of aromatic hydroxyl groups is 1. The third-order valence-corrected chi connectivity index (χ3v) is 6.87. The van der Waals surface area contributed by atoms with E-state index < -0.39 is 0 Å². The van der Waals surface area contributed by atoms with Gasteiger partial charge in [0, 0.05) is 25.0 Å². The number of likely N-dealkylation sites (tertiary alicyclic amines) is 1. The van der Waals surface area contributed by atoms with Crippen molar-refractivity contribution in [3.63, 3.8) is 0 Å². The summed E-state index contributed by atoms with van der Waals surface area (Å²) in [6.07, 6.45) is 4.48. The molecule has 2 aliphatic carbocycles. The van der Waals surface area contributed by atoms with E-state index in [1.807, 2.05) is 12.1 Å². The fraction of sp³-hybridized carbons (Fsp3) is 0.667. The van der Waals surface area contributed by atoms with E-state index in [1.165, 1.54) is 11.1 Å². The molecule has 1 saturated carbocycles. The van der Waals surface area contributed by atoms with Gasteiger partial charge in [0.1, 0.15) is 11.9 Å². The fourth-order valence-corrected chi connectivity index (χ4v) is 5.78. The summed E-state index contributed by atoms with van der Waals surface area (Å²) in [5, 5.41) is 10.1. The average molecular weight is 301 g/mol.